The van der Waals surface area contributed by atoms with Crippen LogP contribution in [-0.2, 0) is 14.8 Å². The molecule has 0 amide bonds. The lowest BCUT2D eigenvalue weighted by Gasteiger charge is -2.50. The Morgan fingerprint density at radius 1 is 1.53 bits per heavy atom. The predicted octanol–water partition coefficient (Wildman–Crippen LogP) is 1.31. The minimum Gasteiger partial charge on any atom is -0.381 e. The van der Waals surface area contributed by atoms with E-state index in [1.807, 2.05) is 13.8 Å². The van der Waals surface area contributed by atoms with Crippen LogP contribution in [0, 0.1) is 11.2 Å². The zero-order valence-corrected chi connectivity index (χ0v) is 11.9. The molecule has 0 saturated heterocycles. The molecule has 1 aliphatic rings. The molecule has 106 valence electrons. The molecule has 1 aliphatic carbocycles. The van der Waals surface area contributed by atoms with Gasteiger partial charge in [0.1, 0.15) is 0 Å². The Bertz CT molecular complexity index is 574. The molecule has 2 unspecified atom stereocenters. The van der Waals surface area contributed by atoms with E-state index >= 15 is 0 Å². The largest absolute Gasteiger partial charge is 0.381 e. The number of pyridine rings is 1. The maximum absolute atomic E-state index is 13.5. The molecule has 1 saturated carbocycles. The lowest BCUT2D eigenvalue weighted by atomic mass is 9.65. The molecule has 7 heteroatoms. The molecule has 0 radical (unpaired) electrons. The van der Waals surface area contributed by atoms with Crippen molar-refractivity contribution in [2.24, 2.45) is 5.41 Å². The number of nitrogens with zero attached hydrogens (tertiary/aromatic N) is 1. The molecule has 1 heterocycles. The molecule has 19 heavy (non-hydrogen) atoms. The van der Waals surface area contributed by atoms with E-state index in [1.165, 1.54) is 12.3 Å². The number of aromatic nitrogens is 1. The molecule has 0 aliphatic heterocycles. The van der Waals surface area contributed by atoms with Gasteiger partial charge in [-0.05, 0) is 18.6 Å². The fourth-order valence-electron chi connectivity index (χ4n) is 2.30. The summed E-state index contributed by atoms with van der Waals surface area (Å²) in [5.74, 6) is -0.851. The van der Waals surface area contributed by atoms with Crippen molar-refractivity contribution < 1.29 is 17.5 Å². The second-order valence-corrected chi connectivity index (χ2v) is 6.87. The van der Waals surface area contributed by atoms with E-state index in [4.69, 9.17) is 4.74 Å². The Morgan fingerprint density at radius 3 is 2.74 bits per heavy atom. The van der Waals surface area contributed by atoms with Crippen LogP contribution in [0.2, 0.25) is 0 Å². The molecule has 1 aromatic rings. The van der Waals surface area contributed by atoms with Crippen LogP contribution in [0.15, 0.2) is 23.4 Å². The number of hydrogen-bond acceptors (Lipinski definition) is 4. The van der Waals surface area contributed by atoms with Crippen LogP contribution < -0.4 is 4.72 Å². The highest BCUT2D eigenvalue weighted by Crippen LogP contribution is 2.42. The molecular weight excluding hydrogens is 271 g/mol. The third-order valence-corrected chi connectivity index (χ3v) is 5.14. The van der Waals surface area contributed by atoms with Crippen molar-refractivity contribution in [1.82, 2.24) is 9.71 Å². The zero-order chi connectivity index (χ0) is 14.3. The average Bonchev–Trinajstić information content (AvgIpc) is 2.34. The van der Waals surface area contributed by atoms with Gasteiger partial charge in [0.15, 0.2) is 5.82 Å². The highest BCUT2D eigenvalue weighted by Gasteiger charge is 2.50. The topological polar surface area (TPSA) is 68.3 Å². The van der Waals surface area contributed by atoms with Crippen LogP contribution in [0.5, 0.6) is 0 Å². The number of rotatable bonds is 4. The first kappa shape index (κ1) is 14.4. The lowest BCUT2D eigenvalue weighted by molar-refractivity contribution is -0.0908. The highest BCUT2D eigenvalue weighted by atomic mass is 32.2. The normalized spacial score (nSPS) is 25.9. The molecule has 1 aromatic heterocycles. The van der Waals surface area contributed by atoms with Crippen LogP contribution in [0.3, 0.4) is 0 Å². The Labute approximate surface area is 112 Å². The molecule has 2 rings (SSSR count). The summed E-state index contributed by atoms with van der Waals surface area (Å²) in [6, 6.07) is 2.14. The van der Waals surface area contributed by atoms with Crippen molar-refractivity contribution in [3.8, 4) is 0 Å². The third-order valence-electron chi connectivity index (χ3n) is 3.74. The maximum Gasteiger partial charge on any atom is 0.261 e. The van der Waals surface area contributed by atoms with Crippen LogP contribution in [0.4, 0.5) is 4.39 Å². The number of halogens is 1. The van der Waals surface area contributed by atoms with Crippen molar-refractivity contribution in [2.75, 3.05) is 7.11 Å². The van der Waals surface area contributed by atoms with E-state index in [-0.39, 0.29) is 17.6 Å². The summed E-state index contributed by atoms with van der Waals surface area (Å²) in [4.78, 5) is 3.59. The van der Waals surface area contributed by atoms with Gasteiger partial charge in [-0.3, -0.25) is 0 Å². The van der Waals surface area contributed by atoms with Gasteiger partial charge in [0.05, 0.1) is 6.10 Å². The summed E-state index contributed by atoms with van der Waals surface area (Å²) in [5, 5.41) is -0.563. The minimum atomic E-state index is -3.95. The number of ether oxygens (including phenoxy) is 1. The summed E-state index contributed by atoms with van der Waals surface area (Å²) in [6.07, 6.45) is 1.81. The Balaban J connectivity index is 2.19. The van der Waals surface area contributed by atoms with E-state index in [1.54, 1.807) is 7.11 Å². The van der Waals surface area contributed by atoms with Gasteiger partial charge in [-0.25, -0.2) is 22.5 Å². The monoisotopic (exact) mass is 288 g/mol. The molecule has 0 spiro atoms. The van der Waals surface area contributed by atoms with Crippen molar-refractivity contribution in [3.05, 3.63) is 24.1 Å². The van der Waals surface area contributed by atoms with Gasteiger partial charge in [-0.15, -0.1) is 0 Å². The molecule has 5 nitrogen and oxygen atoms in total. The zero-order valence-electron chi connectivity index (χ0n) is 11.1. The second kappa shape index (κ2) is 4.81. The van der Waals surface area contributed by atoms with E-state index in [2.05, 4.69) is 9.71 Å². The smallest absolute Gasteiger partial charge is 0.261 e. The SMILES string of the molecule is COC1CC(NS(=O)(=O)c2ncccc2F)C1(C)C. The maximum atomic E-state index is 13.5. The van der Waals surface area contributed by atoms with Gasteiger partial charge in [0, 0.05) is 24.8 Å². The lowest BCUT2D eigenvalue weighted by Crippen LogP contribution is -2.61. The van der Waals surface area contributed by atoms with E-state index in [0.29, 0.717) is 6.42 Å². The number of nitrogens with one attached hydrogen (secondary N) is 1. The van der Waals surface area contributed by atoms with Gasteiger partial charge in [0.2, 0.25) is 5.03 Å². The fraction of sp³-hybridized carbons (Fsp3) is 0.583. The number of sulfonamides is 1. The second-order valence-electron chi connectivity index (χ2n) is 5.25. The molecule has 2 atom stereocenters. The van der Waals surface area contributed by atoms with Crippen molar-refractivity contribution in [3.63, 3.8) is 0 Å². The van der Waals surface area contributed by atoms with E-state index < -0.39 is 20.9 Å². The van der Waals surface area contributed by atoms with Crippen LogP contribution in [0.25, 0.3) is 0 Å². The Kier molecular flexibility index (Phi) is 3.63. The van der Waals surface area contributed by atoms with Crippen molar-refractivity contribution >= 4 is 10.0 Å². The summed E-state index contributed by atoms with van der Waals surface area (Å²) in [6.45, 7) is 3.82. The standard InChI is InChI=1S/C12H17FN2O3S/c1-12(2)9(7-10(12)18-3)15-19(16,17)11-8(13)5-4-6-14-11/h4-6,9-10,15H,7H2,1-3H3. The molecule has 0 bridgehead atoms. The molecular formula is C12H17FN2O3S. The molecule has 1 N–H and O–H groups in total. The predicted molar refractivity (Wildman–Crippen MR) is 67.5 cm³/mol. The fourth-order valence-corrected chi connectivity index (χ4v) is 3.71. The molecule has 1 fully saturated rings. The summed E-state index contributed by atoms with van der Waals surface area (Å²) < 4.78 is 45.4. The van der Waals surface area contributed by atoms with Gasteiger partial charge in [-0.2, -0.15) is 0 Å². The minimum absolute atomic E-state index is 0.00576. The van der Waals surface area contributed by atoms with Crippen LogP contribution in [0.1, 0.15) is 20.3 Å². The Hall–Kier alpha value is -1.05. The number of hydrogen-bond donors (Lipinski definition) is 1. The van der Waals surface area contributed by atoms with Gasteiger partial charge in [0.25, 0.3) is 10.0 Å². The Morgan fingerprint density at radius 2 is 2.21 bits per heavy atom. The highest BCUT2D eigenvalue weighted by molar-refractivity contribution is 7.89. The van der Waals surface area contributed by atoms with Gasteiger partial charge >= 0.3 is 0 Å². The molecule has 0 aromatic carbocycles. The number of methoxy groups -OCH3 is 1. The van der Waals surface area contributed by atoms with Crippen molar-refractivity contribution in [2.45, 2.75) is 37.4 Å². The quantitative estimate of drug-likeness (QED) is 0.907. The summed E-state index contributed by atoms with van der Waals surface area (Å²) in [7, 11) is -2.35. The van der Waals surface area contributed by atoms with Gasteiger partial charge < -0.3 is 4.74 Å². The summed E-state index contributed by atoms with van der Waals surface area (Å²) in [5.41, 5.74) is -0.326. The summed E-state index contributed by atoms with van der Waals surface area (Å²) >= 11 is 0. The third kappa shape index (κ3) is 2.50. The van der Waals surface area contributed by atoms with E-state index in [9.17, 15) is 12.8 Å². The van der Waals surface area contributed by atoms with Gasteiger partial charge in [-0.1, -0.05) is 13.8 Å². The first-order valence-corrected chi connectivity index (χ1v) is 7.43. The van der Waals surface area contributed by atoms with Crippen molar-refractivity contribution in [1.29, 1.82) is 0 Å². The van der Waals surface area contributed by atoms with Crippen LogP contribution >= 0.6 is 0 Å². The first-order chi connectivity index (χ1) is 8.79. The van der Waals surface area contributed by atoms with E-state index in [0.717, 1.165) is 6.07 Å². The first-order valence-electron chi connectivity index (χ1n) is 5.94. The average molecular weight is 288 g/mol. The van der Waals surface area contributed by atoms with Crippen LogP contribution in [-0.4, -0.2) is 32.7 Å².